The lowest BCUT2D eigenvalue weighted by Crippen LogP contribution is -2.00. The molecule has 0 radical (unpaired) electrons. The molecule has 17 heavy (non-hydrogen) atoms. The number of anilines is 1. The lowest BCUT2D eigenvalue weighted by molar-refractivity contribution is 1.11. The Hall–Kier alpha value is -1.38. The summed E-state index contributed by atoms with van der Waals surface area (Å²) >= 11 is 4.84. The van der Waals surface area contributed by atoms with Crippen LogP contribution in [0.15, 0.2) is 28.9 Å². The highest BCUT2D eigenvalue weighted by Gasteiger charge is 2.02. The van der Waals surface area contributed by atoms with Crippen molar-refractivity contribution in [2.24, 2.45) is 0 Å². The van der Waals surface area contributed by atoms with Crippen molar-refractivity contribution in [3.05, 3.63) is 44.3 Å². The summed E-state index contributed by atoms with van der Waals surface area (Å²) in [6.07, 6.45) is 0. The third-order valence-electron chi connectivity index (χ3n) is 2.28. The van der Waals surface area contributed by atoms with Gasteiger partial charge in [-0.25, -0.2) is 4.98 Å². The van der Waals surface area contributed by atoms with Gasteiger partial charge in [0.25, 0.3) is 0 Å². The smallest absolute Gasteiger partial charge is 0.110 e. The number of nitriles is 1. The van der Waals surface area contributed by atoms with Gasteiger partial charge in [0.05, 0.1) is 11.4 Å². The van der Waals surface area contributed by atoms with Crippen molar-refractivity contribution in [2.75, 3.05) is 5.32 Å². The Morgan fingerprint density at radius 2 is 2.24 bits per heavy atom. The van der Waals surface area contributed by atoms with Gasteiger partial charge >= 0.3 is 0 Å². The Morgan fingerprint density at radius 3 is 2.88 bits per heavy atom. The molecule has 2 aromatic heterocycles. The Bertz CT molecular complexity index is 571. The van der Waals surface area contributed by atoms with Crippen molar-refractivity contribution in [3.8, 4) is 6.07 Å². The minimum atomic E-state index is 0.719. The molecule has 1 N–H and O–H groups in total. The molecule has 0 amide bonds. The van der Waals surface area contributed by atoms with Crippen LogP contribution in [0, 0.1) is 18.3 Å². The Kier molecular flexibility index (Phi) is 3.77. The first-order valence-electron chi connectivity index (χ1n) is 5.05. The summed E-state index contributed by atoms with van der Waals surface area (Å²) < 4.78 is 0.837. The highest BCUT2D eigenvalue weighted by molar-refractivity contribution is 9.10. The monoisotopic (exact) mass is 307 g/mol. The summed E-state index contributed by atoms with van der Waals surface area (Å²) in [6.45, 7) is 2.68. The van der Waals surface area contributed by atoms with E-state index in [0.717, 1.165) is 32.3 Å². The molecule has 2 rings (SSSR count). The molecule has 86 valence electrons. The van der Waals surface area contributed by atoms with Crippen molar-refractivity contribution >= 4 is 33.0 Å². The van der Waals surface area contributed by atoms with Crippen LogP contribution in [0.1, 0.15) is 15.4 Å². The van der Waals surface area contributed by atoms with Gasteiger partial charge in [0, 0.05) is 11.4 Å². The number of nitrogens with zero attached hydrogens (tertiary/aromatic N) is 2. The van der Waals surface area contributed by atoms with Gasteiger partial charge in [-0.05, 0) is 47.1 Å². The van der Waals surface area contributed by atoms with E-state index in [1.54, 1.807) is 0 Å². The molecule has 3 nitrogen and oxygen atoms in total. The second kappa shape index (κ2) is 5.30. The van der Waals surface area contributed by atoms with E-state index in [4.69, 9.17) is 5.26 Å². The quantitative estimate of drug-likeness (QED) is 0.880. The zero-order valence-electron chi connectivity index (χ0n) is 9.20. The molecule has 2 aromatic rings. The average molecular weight is 308 g/mol. The van der Waals surface area contributed by atoms with Gasteiger partial charge in [-0.2, -0.15) is 5.26 Å². The predicted molar refractivity (Wildman–Crippen MR) is 73.0 cm³/mol. The second-order valence-electron chi connectivity index (χ2n) is 3.50. The molecule has 0 aliphatic rings. The van der Waals surface area contributed by atoms with Crippen molar-refractivity contribution in [3.63, 3.8) is 0 Å². The summed E-state index contributed by atoms with van der Waals surface area (Å²) in [5.74, 6) is 0. The highest BCUT2D eigenvalue weighted by Crippen LogP contribution is 2.20. The summed E-state index contributed by atoms with van der Waals surface area (Å²) in [5, 5.41) is 12.0. The molecule has 0 bridgehead atoms. The fraction of sp³-hybridized carbons (Fsp3) is 0.167. The van der Waals surface area contributed by atoms with Crippen LogP contribution in [0.4, 0.5) is 5.69 Å². The molecule has 0 saturated heterocycles. The normalized spacial score (nSPS) is 9.94. The largest absolute Gasteiger partial charge is 0.379 e. The molecular weight excluding hydrogens is 298 g/mol. The first-order valence-corrected chi connectivity index (χ1v) is 6.66. The minimum absolute atomic E-state index is 0.719. The first-order chi connectivity index (χ1) is 8.19. The molecule has 0 aliphatic heterocycles. The van der Waals surface area contributed by atoms with Gasteiger partial charge in [0.1, 0.15) is 15.5 Å². The van der Waals surface area contributed by atoms with E-state index < -0.39 is 0 Å². The molecule has 0 spiro atoms. The number of pyridine rings is 1. The Morgan fingerprint density at radius 1 is 1.41 bits per heavy atom. The maximum absolute atomic E-state index is 8.74. The molecule has 2 heterocycles. The fourth-order valence-corrected chi connectivity index (χ4v) is 2.58. The number of hydrogen-bond donors (Lipinski definition) is 1. The number of aryl methyl sites for hydroxylation is 1. The summed E-state index contributed by atoms with van der Waals surface area (Å²) in [4.78, 5) is 6.20. The van der Waals surface area contributed by atoms with Gasteiger partial charge in [0.15, 0.2) is 0 Å². The van der Waals surface area contributed by atoms with Gasteiger partial charge in [-0.15, -0.1) is 11.3 Å². The Labute approximate surface area is 112 Å². The van der Waals surface area contributed by atoms with E-state index in [1.807, 2.05) is 31.2 Å². The number of aromatic nitrogens is 1. The number of rotatable bonds is 3. The van der Waals surface area contributed by atoms with E-state index in [0.29, 0.717) is 0 Å². The molecule has 0 atom stereocenters. The first kappa shape index (κ1) is 12.1. The molecule has 5 heteroatoms. The van der Waals surface area contributed by atoms with Crippen LogP contribution in [0.5, 0.6) is 0 Å². The van der Waals surface area contributed by atoms with E-state index in [-0.39, 0.29) is 0 Å². The lowest BCUT2D eigenvalue weighted by atomic mass is 10.3. The molecule has 0 saturated carbocycles. The maximum Gasteiger partial charge on any atom is 0.110 e. The van der Waals surface area contributed by atoms with E-state index in [9.17, 15) is 0 Å². The number of thiophene rings is 1. The molecule has 0 aliphatic carbocycles. The predicted octanol–water partition coefficient (Wildman–Crippen LogP) is 3.70. The maximum atomic E-state index is 8.74. The van der Waals surface area contributed by atoms with Crippen LogP contribution in [0.3, 0.4) is 0 Å². The van der Waals surface area contributed by atoms with Gasteiger partial charge in [-0.3, -0.25) is 0 Å². The zero-order valence-corrected chi connectivity index (χ0v) is 11.6. The van der Waals surface area contributed by atoms with Crippen LogP contribution in [-0.2, 0) is 6.54 Å². The van der Waals surface area contributed by atoms with Gasteiger partial charge in [0.2, 0.25) is 0 Å². The van der Waals surface area contributed by atoms with Crippen LogP contribution >= 0.6 is 27.3 Å². The van der Waals surface area contributed by atoms with E-state index in [2.05, 4.69) is 32.3 Å². The number of hydrogen-bond acceptors (Lipinski definition) is 4. The minimum Gasteiger partial charge on any atom is -0.379 e. The van der Waals surface area contributed by atoms with Crippen LogP contribution < -0.4 is 5.32 Å². The van der Waals surface area contributed by atoms with E-state index >= 15 is 0 Å². The number of nitrogens with one attached hydrogen (secondary N) is 1. The second-order valence-corrected chi connectivity index (χ2v) is 5.48. The van der Waals surface area contributed by atoms with Crippen molar-refractivity contribution in [1.29, 1.82) is 5.26 Å². The van der Waals surface area contributed by atoms with Crippen molar-refractivity contribution in [2.45, 2.75) is 13.5 Å². The third-order valence-corrected chi connectivity index (χ3v) is 3.71. The lowest BCUT2D eigenvalue weighted by Gasteiger charge is -2.07. The standard InChI is InChI=1S/C12H10BrN3S/c1-8-11(4-5-12(13)16-8)15-7-10-3-2-9(6-14)17-10/h2-5,15H,7H2,1H3. The highest BCUT2D eigenvalue weighted by atomic mass is 79.9. The summed E-state index contributed by atoms with van der Waals surface area (Å²) in [6, 6.07) is 9.85. The third kappa shape index (κ3) is 3.05. The topological polar surface area (TPSA) is 48.7 Å². The molecule has 0 fully saturated rings. The van der Waals surface area contributed by atoms with E-state index in [1.165, 1.54) is 11.3 Å². The van der Waals surface area contributed by atoms with Crippen molar-refractivity contribution in [1.82, 2.24) is 4.98 Å². The Balaban J connectivity index is 2.05. The van der Waals surface area contributed by atoms with Gasteiger partial charge in [-0.1, -0.05) is 0 Å². The summed E-state index contributed by atoms with van der Waals surface area (Å²) in [5.41, 5.74) is 1.97. The molecule has 0 aromatic carbocycles. The zero-order chi connectivity index (χ0) is 12.3. The van der Waals surface area contributed by atoms with Crippen LogP contribution in [0.25, 0.3) is 0 Å². The molecule has 0 unspecified atom stereocenters. The van der Waals surface area contributed by atoms with Crippen LogP contribution in [0.2, 0.25) is 0 Å². The fourth-order valence-electron chi connectivity index (χ4n) is 1.43. The van der Waals surface area contributed by atoms with Crippen LogP contribution in [-0.4, -0.2) is 4.98 Å². The van der Waals surface area contributed by atoms with Crippen molar-refractivity contribution < 1.29 is 0 Å². The number of halogens is 1. The SMILES string of the molecule is Cc1nc(Br)ccc1NCc1ccc(C#N)s1. The molecular formula is C12H10BrN3S. The van der Waals surface area contributed by atoms with Gasteiger partial charge < -0.3 is 5.32 Å². The average Bonchev–Trinajstić information content (AvgIpc) is 2.76. The summed E-state index contributed by atoms with van der Waals surface area (Å²) in [7, 11) is 0.